The van der Waals surface area contributed by atoms with Crippen LogP contribution in [0.2, 0.25) is 0 Å². The molecule has 0 bridgehead atoms. The van der Waals surface area contributed by atoms with Crippen LogP contribution in [0.1, 0.15) is 32.3 Å². The summed E-state index contributed by atoms with van der Waals surface area (Å²) in [5.41, 5.74) is 0.972. The summed E-state index contributed by atoms with van der Waals surface area (Å²) in [6.45, 7) is 5.34. The lowest BCUT2D eigenvalue weighted by Gasteiger charge is -2.24. The van der Waals surface area contributed by atoms with E-state index in [1.807, 2.05) is 19.2 Å². The second-order valence-electron chi connectivity index (χ2n) is 5.99. The highest BCUT2D eigenvalue weighted by atomic mass is 79.9. The van der Waals surface area contributed by atoms with E-state index in [9.17, 15) is 8.42 Å². The Morgan fingerprint density at radius 2 is 2.05 bits per heavy atom. The fraction of sp³-hybridized carbons (Fsp3) is 0.600. The van der Waals surface area contributed by atoms with E-state index < -0.39 is 10.0 Å². The number of benzene rings is 1. The monoisotopic (exact) mass is 374 g/mol. The normalized spacial score (nSPS) is 15.9. The van der Waals surface area contributed by atoms with Gasteiger partial charge in [-0.1, -0.05) is 19.9 Å². The molecular weight excluding hydrogens is 352 g/mol. The van der Waals surface area contributed by atoms with E-state index in [0.29, 0.717) is 28.4 Å². The van der Waals surface area contributed by atoms with Crippen LogP contribution in [0.3, 0.4) is 0 Å². The molecule has 0 heterocycles. The van der Waals surface area contributed by atoms with Crippen molar-refractivity contribution in [1.82, 2.24) is 9.62 Å². The van der Waals surface area contributed by atoms with Gasteiger partial charge < -0.3 is 5.32 Å². The first-order chi connectivity index (χ1) is 9.86. The molecule has 0 radical (unpaired) electrons. The van der Waals surface area contributed by atoms with Gasteiger partial charge in [-0.3, -0.25) is 0 Å². The minimum atomic E-state index is -3.45. The first-order valence-electron chi connectivity index (χ1n) is 7.31. The van der Waals surface area contributed by atoms with Crippen molar-refractivity contribution in [3.63, 3.8) is 0 Å². The van der Waals surface area contributed by atoms with Gasteiger partial charge in [-0.05, 0) is 59.4 Å². The van der Waals surface area contributed by atoms with Crippen molar-refractivity contribution >= 4 is 26.0 Å². The fourth-order valence-electron chi connectivity index (χ4n) is 2.35. The molecule has 1 aliphatic rings. The lowest BCUT2D eigenvalue weighted by atomic mass is 10.2. The third-order valence-electron chi connectivity index (χ3n) is 3.46. The van der Waals surface area contributed by atoms with Crippen LogP contribution in [0.5, 0.6) is 0 Å². The van der Waals surface area contributed by atoms with E-state index in [-0.39, 0.29) is 6.04 Å². The Bertz CT molecular complexity index is 598. The molecule has 1 aliphatic carbocycles. The van der Waals surface area contributed by atoms with Crippen LogP contribution in [0.25, 0.3) is 0 Å². The van der Waals surface area contributed by atoms with Gasteiger partial charge in [0.2, 0.25) is 10.0 Å². The zero-order valence-corrected chi connectivity index (χ0v) is 15.2. The predicted octanol–water partition coefficient (Wildman–Crippen LogP) is 2.98. The van der Waals surface area contributed by atoms with E-state index in [1.54, 1.807) is 10.4 Å². The maximum Gasteiger partial charge on any atom is 0.244 e. The molecule has 0 amide bonds. The summed E-state index contributed by atoms with van der Waals surface area (Å²) in [7, 11) is -1.59. The second-order valence-corrected chi connectivity index (χ2v) is 8.71. The molecule has 2 rings (SSSR count). The number of sulfonamides is 1. The third-order valence-corrected chi connectivity index (χ3v) is 6.37. The molecule has 1 aromatic rings. The summed E-state index contributed by atoms with van der Waals surface area (Å²) in [5, 5.41) is 3.05. The topological polar surface area (TPSA) is 49.4 Å². The Morgan fingerprint density at radius 3 is 2.57 bits per heavy atom. The second kappa shape index (κ2) is 6.77. The maximum absolute atomic E-state index is 13.0. The largest absolute Gasteiger partial charge is 0.316 e. The quantitative estimate of drug-likeness (QED) is 0.797. The zero-order valence-electron chi connectivity index (χ0n) is 12.8. The van der Waals surface area contributed by atoms with Gasteiger partial charge in [0.05, 0.1) is 4.90 Å². The maximum atomic E-state index is 13.0. The van der Waals surface area contributed by atoms with Crippen LogP contribution < -0.4 is 5.32 Å². The Morgan fingerprint density at radius 1 is 1.38 bits per heavy atom. The van der Waals surface area contributed by atoms with Crippen LogP contribution in [-0.2, 0) is 16.6 Å². The molecular formula is C15H23BrN2O2S. The van der Waals surface area contributed by atoms with Crippen molar-refractivity contribution in [3.8, 4) is 0 Å². The molecule has 0 atom stereocenters. The highest BCUT2D eigenvalue weighted by molar-refractivity contribution is 9.10. The average molecular weight is 375 g/mol. The molecule has 118 valence electrons. The van der Waals surface area contributed by atoms with E-state index in [0.717, 1.165) is 18.4 Å². The van der Waals surface area contributed by atoms with Gasteiger partial charge in [-0.2, -0.15) is 4.31 Å². The summed E-state index contributed by atoms with van der Waals surface area (Å²) < 4.78 is 28.3. The van der Waals surface area contributed by atoms with E-state index in [1.165, 1.54) is 0 Å². The SMILES string of the molecule is CNCc1ccc(Br)c(S(=O)(=O)N(CC(C)C)C2CC2)c1. The summed E-state index contributed by atoms with van der Waals surface area (Å²) in [4.78, 5) is 0.378. The lowest BCUT2D eigenvalue weighted by Crippen LogP contribution is -2.36. The molecule has 4 nitrogen and oxygen atoms in total. The van der Waals surface area contributed by atoms with Crippen molar-refractivity contribution in [2.24, 2.45) is 5.92 Å². The molecule has 0 spiro atoms. The van der Waals surface area contributed by atoms with Gasteiger partial charge in [0.1, 0.15) is 0 Å². The number of halogens is 1. The summed E-state index contributed by atoms with van der Waals surface area (Å²) in [5.74, 6) is 0.319. The molecule has 0 saturated heterocycles. The lowest BCUT2D eigenvalue weighted by molar-refractivity contribution is 0.360. The van der Waals surface area contributed by atoms with Crippen molar-refractivity contribution in [1.29, 1.82) is 0 Å². The molecule has 21 heavy (non-hydrogen) atoms. The molecule has 1 aromatic carbocycles. The number of hydrogen-bond donors (Lipinski definition) is 1. The molecule has 1 N–H and O–H groups in total. The minimum Gasteiger partial charge on any atom is -0.316 e. The van der Waals surface area contributed by atoms with Crippen molar-refractivity contribution < 1.29 is 8.42 Å². The summed E-state index contributed by atoms with van der Waals surface area (Å²) in [6.07, 6.45) is 1.94. The molecule has 0 unspecified atom stereocenters. The highest BCUT2D eigenvalue weighted by Gasteiger charge is 2.39. The number of nitrogens with zero attached hydrogens (tertiary/aromatic N) is 1. The van der Waals surface area contributed by atoms with Gasteiger partial charge in [0, 0.05) is 23.6 Å². The van der Waals surface area contributed by atoms with Gasteiger partial charge in [0.25, 0.3) is 0 Å². The van der Waals surface area contributed by atoms with Crippen molar-refractivity contribution in [2.75, 3.05) is 13.6 Å². The van der Waals surface area contributed by atoms with Crippen LogP contribution in [0.4, 0.5) is 0 Å². The Kier molecular flexibility index (Phi) is 5.46. The standard InChI is InChI=1S/C15H23BrN2O2S/c1-11(2)10-18(13-5-6-13)21(19,20)15-8-12(9-17-3)4-7-14(15)16/h4,7-8,11,13,17H,5-6,9-10H2,1-3H3. The smallest absolute Gasteiger partial charge is 0.244 e. The van der Waals surface area contributed by atoms with E-state index >= 15 is 0 Å². The summed E-state index contributed by atoms with van der Waals surface area (Å²) in [6, 6.07) is 5.70. The fourth-order valence-corrected chi connectivity index (χ4v) is 5.18. The van der Waals surface area contributed by atoms with Gasteiger partial charge in [-0.25, -0.2) is 8.42 Å². The van der Waals surface area contributed by atoms with Gasteiger partial charge in [0.15, 0.2) is 0 Å². The Labute approximate surface area is 136 Å². The Balaban J connectivity index is 2.39. The highest BCUT2D eigenvalue weighted by Crippen LogP contribution is 2.35. The molecule has 0 aliphatic heterocycles. The molecule has 1 saturated carbocycles. The average Bonchev–Trinajstić information content (AvgIpc) is 3.22. The van der Waals surface area contributed by atoms with Crippen LogP contribution in [0.15, 0.2) is 27.6 Å². The zero-order chi connectivity index (χ0) is 15.6. The number of hydrogen-bond acceptors (Lipinski definition) is 3. The van der Waals surface area contributed by atoms with Crippen LogP contribution >= 0.6 is 15.9 Å². The number of rotatable bonds is 7. The van der Waals surface area contributed by atoms with Gasteiger partial charge >= 0.3 is 0 Å². The van der Waals surface area contributed by atoms with E-state index in [4.69, 9.17) is 0 Å². The molecule has 6 heteroatoms. The minimum absolute atomic E-state index is 0.178. The predicted molar refractivity (Wildman–Crippen MR) is 88.7 cm³/mol. The van der Waals surface area contributed by atoms with Crippen LogP contribution in [0, 0.1) is 5.92 Å². The van der Waals surface area contributed by atoms with Crippen LogP contribution in [-0.4, -0.2) is 32.4 Å². The van der Waals surface area contributed by atoms with E-state index in [2.05, 4.69) is 35.1 Å². The Hall–Kier alpha value is -0.430. The van der Waals surface area contributed by atoms with Crippen molar-refractivity contribution in [3.05, 3.63) is 28.2 Å². The first-order valence-corrected chi connectivity index (χ1v) is 9.54. The third kappa shape index (κ3) is 4.06. The molecule has 0 aromatic heterocycles. The van der Waals surface area contributed by atoms with Gasteiger partial charge in [-0.15, -0.1) is 0 Å². The number of nitrogens with one attached hydrogen (secondary N) is 1. The first kappa shape index (κ1) is 16.9. The molecule has 1 fully saturated rings. The summed E-state index contributed by atoms with van der Waals surface area (Å²) >= 11 is 3.40. The van der Waals surface area contributed by atoms with Crippen molar-refractivity contribution in [2.45, 2.75) is 44.2 Å².